The topological polar surface area (TPSA) is 75.7 Å². The van der Waals surface area contributed by atoms with E-state index in [4.69, 9.17) is 16.3 Å². The van der Waals surface area contributed by atoms with Gasteiger partial charge in [-0.25, -0.2) is 13.2 Å². The number of anilines is 2. The minimum atomic E-state index is -3.82. The van der Waals surface area contributed by atoms with Crippen LogP contribution in [-0.4, -0.2) is 27.7 Å². The average molecular weight is 353 g/mol. The van der Waals surface area contributed by atoms with Gasteiger partial charge in [0.2, 0.25) is 0 Å². The lowest BCUT2D eigenvalue weighted by Gasteiger charge is -2.18. The van der Waals surface area contributed by atoms with Crippen LogP contribution in [0.4, 0.5) is 16.2 Å². The van der Waals surface area contributed by atoms with Gasteiger partial charge in [-0.15, -0.1) is 0 Å². The summed E-state index contributed by atoms with van der Waals surface area (Å²) in [6.45, 7) is 0.642. The number of para-hydroxylation sites is 2. The smallest absolute Gasteiger partial charge is 0.414 e. The van der Waals surface area contributed by atoms with Crippen molar-refractivity contribution < 1.29 is 17.9 Å². The fourth-order valence-electron chi connectivity index (χ4n) is 2.25. The fourth-order valence-corrected chi connectivity index (χ4v) is 3.62. The Hall–Kier alpha value is -2.25. The van der Waals surface area contributed by atoms with E-state index in [9.17, 15) is 13.2 Å². The molecule has 0 aromatic heterocycles. The first-order chi connectivity index (χ1) is 11.0. The third-order valence-electron chi connectivity index (χ3n) is 3.31. The van der Waals surface area contributed by atoms with Crippen molar-refractivity contribution in [1.82, 2.24) is 0 Å². The zero-order valence-corrected chi connectivity index (χ0v) is 13.5. The quantitative estimate of drug-likeness (QED) is 0.917. The van der Waals surface area contributed by atoms with Gasteiger partial charge in [-0.3, -0.25) is 9.62 Å². The second-order valence-electron chi connectivity index (χ2n) is 4.85. The first kappa shape index (κ1) is 15.6. The summed E-state index contributed by atoms with van der Waals surface area (Å²) in [5.41, 5.74) is 0.743. The van der Waals surface area contributed by atoms with E-state index >= 15 is 0 Å². The van der Waals surface area contributed by atoms with Crippen molar-refractivity contribution in [1.29, 1.82) is 0 Å². The molecule has 3 rings (SSSR count). The van der Waals surface area contributed by atoms with E-state index in [-0.39, 0.29) is 11.5 Å². The van der Waals surface area contributed by atoms with Gasteiger partial charge in [0.1, 0.15) is 6.61 Å². The molecular formula is C15H13ClN2O4S. The van der Waals surface area contributed by atoms with Gasteiger partial charge in [0.15, 0.2) is 0 Å². The Kier molecular flexibility index (Phi) is 4.14. The molecule has 1 aliphatic heterocycles. The minimum absolute atomic E-state index is 0.0452. The summed E-state index contributed by atoms with van der Waals surface area (Å²) in [5.74, 6) is 0. The monoisotopic (exact) mass is 352 g/mol. The van der Waals surface area contributed by atoms with Gasteiger partial charge < -0.3 is 4.74 Å². The standard InChI is InChI=1S/C15H13ClN2O4S/c16-11-4-3-5-12(10-11)23(20,21)17-13-6-1-2-7-14(13)18-8-9-22-15(18)19/h1-7,10,17H,8-9H2. The van der Waals surface area contributed by atoms with Crippen LogP contribution in [0.2, 0.25) is 5.02 Å². The Morgan fingerprint density at radius 1 is 1.13 bits per heavy atom. The second-order valence-corrected chi connectivity index (χ2v) is 6.96. The van der Waals surface area contributed by atoms with Gasteiger partial charge in [0.05, 0.1) is 22.8 Å². The number of nitrogens with zero attached hydrogens (tertiary/aromatic N) is 1. The minimum Gasteiger partial charge on any atom is -0.447 e. The third kappa shape index (κ3) is 3.25. The molecule has 8 heteroatoms. The number of carbonyl (C=O) groups excluding carboxylic acids is 1. The van der Waals surface area contributed by atoms with Crippen LogP contribution in [0, 0.1) is 0 Å². The SMILES string of the molecule is O=C1OCCN1c1ccccc1NS(=O)(=O)c1cccc(Cl)c1. The molecular weight excluding hydrogens is 340 g/mol. The fraction of sp³-hybridized carbons (Fsp3) is 0.133. The third-order valence-corrected chi connectivity index (χ3v) is 4.90. The molecule has 1 heterocycles. The Morgan fingerprint density at radius 2 is 1.91 bits per heavy atom. The van der Waals surface area contributed by atoms with Crippen molar-refractivity contribution in [3.8, 4) is 0 Å². The number of cyclic esters (lactones) is 1. The highest BCUT2D eigenvalue weighted by Gasteiger charge is 2.27. The number of rotatable bonds is 4. The van der Waals surface area contributed by atoms with Crippen molar-refractivity contribution in [3.63, 3.8) is 0 Å². The number of carbonyl (C=O) groups is 1. The molecule has 0 atom stereocenters. The van der Waals surface area contributed by atoms with Crippen molar-refractivity contribution >= 4 is 39.1 Å². The molecule has 2 aromatic carbocycles. The largest absolute Gasteiger partial charge is 0.447 e. The summed E-state index contributed by atoms with van der Waals surface area (Å²) < 4.78 is 32.4. The van der Waals surface area contributed by atoms with Crippen molar-refractivity contribution in [2.24, 2.45) is 0 Å². The predicted octanol–water partition coefficient (Wildman–Crippen LogP) is 3.10. The van der Waals surface area contributed by atoms with E-state index in [0.29, 0.717) is 22.9 Å². The summed E-state index contributed by atoms with van der Waals surface area (Å²) >= 11 is 5.85. The van der Waals surface area contributed by atoms with Crippen molar-refractivity contribution in [2.45, 2.75) is 4.90 Å². The number of hydrogen-bond donors (Lipinski definition) is 1. The summed E-state index contributed by atoms with van der Waals surface area (Å²) in [5, 5.41) is 0.323. The lowest BCUT2D eigenvalue weighted by molar-refractivity contribution is 0.181. The van der Waals surface area contributed by atoms with E-state index in [2.05, 4.69) is 4.72 Å². The van der Waals surface area contributed by atoms with Gasteiger partial charge in [-0.05, 0) is 30.3 Å². The molecule has 0 radical (unpaired) electrons. The van der Waals surface area contributed by atoms with Gasteiger partial charge >= 0.3 is 6.09 Å². The van der Waals surface area contributed by atoms with Gasteiger partial charge in [0.25, 0.3) is 10.0 Å². The first-order valence-electron chi connectivity index (χ1n) is 6.79. The van der Waals surface area contributed by atoms with Crippen molar-refractivity contribution in [3.05, 3.63) is 53.6 Å². The zero-order chi connectivity index (χ0) is 16.4. The molecule has 0 unspecified atom stereocenters. The average Bonchev–Trinajstić information content (AvgIpc) is 2.93. The van der Waals surface area contributed by atoms with Gasteiger partial charge in [0, 0.05) is 5.02 Å². The summed E-state index contributed by atoms with van der Waals surface area (Å²) in [6.07, 6.45) is -0.501. The van der Waals surface area contributed by atoms with E-state index in [1.807, 2.05) is 0 Å². The molecule has 0 bridgehead atoms. The zero-order valence-electron chi connectivity index (χ0n) is 11.9. The lowest BCUT2D eigenvalue weighted by Crippen LogP contribution is -2.25. The van der Waals surface area contributed by atoms with Crippen LogP contribution in [-0.2, 0) is 14.8 Å². The Morgan fingerprint density at radius 3 is 2.61 bits per heavy atom. The van der Waals surface area contributed by atoms with Crippen LogP contribution in [0.25, 0.3) is 0 Å². The molecule has 0 spiro atoms. The molecule has 1 saturated heterocycles. The second kappa shape index (κ2) is 6.10. The first-order valence-corrected chi connectivity index (χ1v) is 8.65. The number of sulfonamides is 1. The van der Waals surface area contributed by atoms with Gasteiger partial charge in [-0.2, -0.15) is 0 Å². The Bertz CT molecular complexity index is 854. The van der Waals surface area contributed by atoms with Crippen LogP contribution in [0.15, 0.2) is 53.4 Å². The molecule has 0 aliphatic carbocycles. The normalized spacial score (nSPS) is 14.7. The molecule has 1 aliphatic rings. The van der Waals surface area contributed by atoms with Crippen molar-refractivity contribution in [2.75, 3.05) is 22.8 Å². The van der Waals surface area contributed by atoms with Crippen LogP contribution < -0.4 is 9.62 Å². The summed E-state index contributed by atoms with van der Waals surface area (Å²) in [4.78, 5) is 13.1. The summed E-state index contributed by atoms with van der Waals surface area (Å²) in [7, 11) is -3.82. The predicted molar refractivity (Wildman–Crippen MR) is 87.4 cm³/mol. The maximum absolute atomic E-state index is 12.5. The van der Waals surface area contributed by atoms with E-state index in [1.54, 1.807) is 36.4 Å². The van der Waals surface area contributed by atoms with Gasteiger partial charge in [-0.1, -0.05) is 29.8 Å². The molecule has 23 heavy (non-hydrogen) atoms. The molecule has 120 valence electrons. The number of benzene rings is 2. The highest BCUT2D eigenvalue weighted by atomic mass is 35.5. The van der Waals surface area contributed by atoms with E-state index in [1.165, 1.54) is 17.0 Å². The maximum atomic E-state index is 12.5. The molecule has 1 N–H and O–H groups in total. The lowest BCUT2D eigenvalue weighted by atomic mass is 10.2. The van der Waals surface area contributed by atoms with E-state index in [0.717, 1.165) is 0 Å². The maximum Gasteiger partial charge on any atom is 0.414 e. The molecule has 1 fully saturated rings. The number of amides is 1. The molecule has 6 nitrogen and oxygen atoms in total. The van der Waals surface area contributed by atoms with Crippen LogP contribution in [0.3, 0.4) is 0 Å². The molecule has 0 saturated carbocycles. The number of halogens is 1. The molecule has 1 amide bonds. The van der Waals surface area contributed by atoms with Crippen LogP contribution in [0.5, 0.6) is 0 Å². The molecule has 2 aromatic rings. The number of nitrogens with one attached hydrogen (secondary N) is 1. The highest BCUT2D eigenvalue weighted by Crippen LogP contribution is 2.30. The highest BCUT2D eigenvalue weighted by molar-refractivity contribution is 7.92. The Balaban J connectivity index is 1.96. The Labute approximate surface area is 138 Å². The van der Waals surface area contributed by atoms with Crippen LogP contribution >= 0.6 is 11.6 Å². The number of hydrogen-bond acceptors (Lipinski definition) is 4. The summed E-state index contributed by atoms with van der Waals surface area (Å²) in [6, 6.07) is 12.6. The van der Waals surface area contributed by atoms with Crippen LogP contribution in [0.1, 0.15) is 0 Å². The van der Waals surface area contributed by atoms with E-state index < -0.39 is 16.1 Å². The number of ether oxygens (including phenoxy) is 1.